The second-order valence-corrected chi connectivity index (χ2v) is 9.39. The number of carbonyl (C=O) groups excluding carboxylic acids is 1. The van der Waals surface area contributed by atoms with E-state index in [4.69, 9.17) is 0 Å². The summed E-state index contributed by atoms with van der Waals surface area (Å²) < 4.78 is 0. The van der Waals surface area contributed by atoms with E-state index in [1.165, 1.54) is 6.42 Å². The smallest absolute Gasteiger partial charge is 0.263 e. The van der Waals surface area contributed by atoms with Crippen LogP contribution >= 0.6 is 0 Å². The summed E-state index contributed by atoms with van der Waals surface area (Å²) in [6.45, 7) is 13.4. The molecule has 6 nitrogen and oxygen atoms in total. The average molecular weight is 360 g/mol. The van der Waals surface area contributed by atoms with Crippen LogP contribution in [0.1, 0.15) is 40.0 Å². The molecule has 2 unspecified atom stereocenters. The lowest BCUT2D eigenvalue weighted by atomic mass is 9.65. The van der Waals surface area contributed by atoms with Gasteiger partial charge in [0, 0.05) is 58.1 Å². The van der Waals surface area contributed by atoms with Gasteiger partial charge >= 0.3 is 0 Å². The zero-order valence-electron chi connectivity index (χ0n) is 16.5. The molecule has 3 aliphatic rings. The summed E-state index contributed by atoms with van der Waals surface area (Å²) in [6.07, 6.45) is 5.32. The highest BCUT2D eigenvalue weighted by Gasteiger charge is 2.48. The van der Waals surface area contributed by atoms with Crippen molar-refractivity contribution in [3.05, 3.63) is 11.8 Å². The molecule has 1 amide bonds. The molecule has 26 heavy (non-hydrogen) atoms. The predicted molar refractivity (Wildman–Crippen MR) is 102 cm³/mol. The van der Waals surface area contributed by atoms with Gasteiger partial charge in [-0.2, -0.15) is 5.26 Å². The van der Waals surface area contributed by atoms with Gasteiger partial charge in [0.25, 0.3) is 5.91 Å². The number of likely N-dealkylation sites (tertiary alicyclic amines) is 1. The molecule has 1 aliphatic carbocycles. The molecule has 2 N–H and O–H groups in total. The van der Waals surface area contributed by atoms with Gasteiger partial charge in [0.05, 0.1) is 0 Å². The highest BCUT2D eigenvalue weighted by atomic mass is 16.1. The molecule has 3 fully saturated rings. The topological polar surface area (TPSA) is 71.4 Å². The van der Waals surface area contributed by atoms with Crippen LogP contribution in [0, 0.1) is 22.2 Å². The molecule has 2 atom stereocenters. The summed E-state index contributed by atoms with van der Waals surface area (Å²) in [7, 11) is 0. The lowest BCUT2D eigenvalue weighted by Crippen LogP contribution is -2.46. The molecule has 6 heteroatoms. The first kappa shape index (κ1) is 19.2. The van der Waals surface area contributed by atoms with Crippen LogP contribution in [0.4, 0.5) is 0 Å². The third-order valence-electron chi connectivity index (χ3n) is 6.04. The van der Waals surface area contributed by atoms with E-state index < -0.39 is 0 Å². The van der Waals surface area contributed by atoms with Crippen LogP contribution in [0.25, 0.3) is 0 Å². The summed E-state index contributed by atoms with van der Waals surface area (Å²) >= 11 is 0. The van der Waals surface area contributed by atoms with Crippen molar-refractivity contribution in [2.45, 2.75) is 46.1 Å². The fourth-order valence-electron chi connectivity index (χ4n) is 5.32. The van der Waals surface area contributed by atoms with Crippen LogP contribution in [0.3, 0.4) is 0 Å². The Bertz CT molecular complexity index is 602. The second-order valence-electron chi connectivity index (χ2n) is 9.39. The first-order valence-electron chi connectivity index (χ1n) is 9.89. The Labute approximate surface area is 157 Å². The molecule has 2 heterocycles. The normalized spacial score (nSPS) is 31.5. The van der Waals surface area contributed by atoms with Crippen LogP contribution in [0.15, 0.2) is 11.8 Å². The number of fused-ring (bicyclic) bond motifs is 2. The number of nitriles is 1. The quantitative estimate of drug-likeness (QED) is 0.572. The fourth-order valence-corrected chi connectivity index (χ4v) is 5.32. The van der Waals surface area contributed by atoms with Crippen LogP contribution in [-0.4, -0.2) is 67.6 Å². The SMILES string of the molecule is CC1(C)CC2CC(C)(CN2/C=C(/C#N)C(=O)NCCN2CCNCC2)C1. The monoisotopic (exact) mass is 359 g/mol. The van der Waals surface area contributed by atoms with Crippen molar-refractivity contribution < 1.29 is 4.79 Å². The standard InChI is InChI=1S/C20H33N5O/c1-19(2)10-17-11-20(3,14-19)15-25(17)13-16(12-21)18(26)23-6-9-24-7-4-22-5-8-24/h13,17,22H,4-11,14-15H2,1-3H3,(H,23,26)/b16-13-. The number of nitrogens with zero attached hydrogens (tertiary/aromatic N) is 3. The highest BCUT2D eigenvalue weighted by molar-refractivity contribution is 5.97. The van der Waals surface area contributed by atoms with E-state index in [9.17, 15) is 10.1 Å². The molecule has 0 aromatic rings. The van der Waals surface area contributed by atoms with Crippen LogP contribution in [-0.2, 0) is 4.79 Å². The van der Waals surface area contributed by atoms with Gasteiger partial charge in [-0.1, -0.05) is 20.8 Å². The van der Waals surface area contributed by atoms with E-state index >= 15 is 0 Å². The molecule has 3 rings (SSSR count). The Morgan fingerprint density at radius 3 is 2.73 bits per heavy atom. The van der Waals surface area contributed by atoms with Gasteiger partial charge < -0.3 is 15.5 Å². The minimum atomic E-state index is -0.242. The number of piperazine rings is 1. The molecule has 144 valence electrons. The van der Waals surface area contributed by atoms with Gasteiger partial charge in [-0.05, 0) is 30.1 Å². The largest absolute Gasteiger partial charge is 0.373 e. The number of hydrogen-bond donors (Lipinski definition) is 2. The summed E-state index contributed by atoms with van der Waals surface area (Å²) in [5, 5.41) is 15.7. The van der Waals surface area contributed by atoms with Crippen molar-refractivity contribution in [1.29, 1.82) is 5.26 Å². The van der Waals surface area contributed by atoms with Gasteiger partial charge in [-0.25, -0.2) is 0 Å². The van der Waals surface area contributed by atoms with Gasteiger partial charge in [-0.15, -0.1) is 0 Å². The first-order chi connectivity index (χ1) is 12.3. The summed E-state index contributed by atoms with van der Waals surface area (Å²) in [6, 6.07) is 2.56. The molecular formula is C20H33N5O. The van der Waals surface area contributed by atoms with E-state index in [0.29, 0.717) is 23.4 Å². The number of rotatable bonds is 5. The van der Waals surface area contributed by atoms with Crippen molar-refractivity contribution in [3.8, 4) is 6.07 Å². The number of nitrogens with one attached hydrogen (secondary N) is 2. The Morgan fingerprint density at radius 1 is 1.31 bits per heavy atom. The zero-order chi connectivity index (χ0) is 18.8. The maximum absolute atomic E-state index is 12.4. The lowest BCUT2D eigenvalue weighted by molar-refractivity contribution is -0.117. The van der Waals surface area contributed by atoms with Crippen molar-refractivity contribution in [2.75, 3.05) is 45.8 Å². The Kier molecular flexibility index (Phi) is 5.59. The van der Waals surface area contributed by atoms with E-state index in [-0.39, 0.29) is 11.5 Å². The van der Waals surface area contributed by atoms with Gasteiger partial charge in [0.1, 0.15) is 11.6 Å². The molecular weight excluding hydrogens is 326 g/mol. The van der Waals surface area contributed by atoms with Crippen molar-refractivity contribution in [3.63, 3.8) is 0 Å². The first-order valence-corrected chi connectivity index (χ1v) is 9.89. The average Bonchev–Trinajstić information content (AvgIpc) is 2.81. The Balaban J connectivity index is 1.56. The van der Waals surface area contributed by atoms with Crippen LogP contribution in [0.2, 0.25) is 0 Å². The number of amides is 1. The van der Waals surface area contributed by atoms with E-state index in [1.807, 2.05) is 6.20 Å². The van der Waals surface area contributed by atoms with E-state index in [2.05, 4.69) is 47.3 Å². The van der Waals surface area contributed by atoms with Gasteiger partial charge in [-0.3, -0.25) is 9.69 Å². The Hall–Kier alpha value is -1.58. The van der Waals surface area contributed by atoms with Crippen molar-refractivity contribution in [2.24, 2.45) is 10.8 Å². The molecule has 0 radical (unpaired) electrons. The van der Waals surface area contributed by atoms with E-state index in [1.54, 1.807) is 0 Å². The zero-order valence-corrected chi connectivity index (χ0v) is 16.5. The molecule has 2 bridgehead atoms. The third kappa shape index (κ3) is 4.57. The number of hydrogen-bond acceptors (Lipinski definition) is 5. The molecule has 0 aromatic carbocycles. The highest BCUT2D eigenvalue weighted by Crippen LogP contribution is 2.52. The van der Waals surface area contributed by atoms with Gasteiger partial charge in [0.2, 0.25) is 0 Å². The van der Waals surface area contributed by atoms with Crippen LogP contribution < -0.4 is 10.6 Å². The maximum Gasteiger partial charge on any atom is 0.263 e. The summed E-state index contributed by atoms with van der Waals surface area (Å²) in [4.78, 5) is 17.0. The molecule has 0 aromatic heterocycles. The minimum Gasteiger partial charge on any atom is -0.373 e. The van der Waals surface area contributed by atoms with E-state index in [0.717, 1.165) is 52.1 Å². The van der Waals surface area contributed by atoms with Crippen molar-refractivity contribution in [1.82, 2.24) is 20.4 Å². The summed E-state index contributed by atoms with van der Waals surface area (Å²) in [5.41, 5.74) is 0.861. The molecule has 2 saturated heterocycles. The summed E-state index contributed by atoms with van der Waals surface area (Å²) in [5.74, 6) is -0.242. The van der Waals surface area contributed by atoms with Crippen LogP contribution in [0.5, 0.6) is 0 Å². The Morgan fingerprint density at radius 2 is 2.04 bits per heavy atom. The minimum absolute atomic E-state index is 0.235. The molecule has 1 saturated carbocycles. The predicted octanol–water partition coefficient (Wildman–Crippen LogP) is 1.32. The van der Waals surface area contributed by atoms with Crippen molar-refractivity contribution >= 4 is 5.91 Å². The lowest BCUT2D eigenvalue weighted by Gasteiger charge is -2.39. The van der Waals surface area contributed by atoms with Gasteiger partial charge in [0.15, 0.2) is 0 Å². The second kappa shape index (κ2) is 7.58. The maximum atomic E-state index is 12.4. The molecule has 0 spiro atoms. The fraction of sp³-hybridized carbons (Fsp3) is 0.800. The molecule has 2 aliphatic heterocycles. The third-order valence-corrected chi connectivity index (χ3v) is 6.04. The number of carbonyl (C=O) groups is 1.